The normalized spacial score (nSPS) is 18.5. The van der Waals surface area contributed by atoms with Crippen molar-refractivity contribution in [3.05, 3.63) is 76.4 Å². The van der Waals surface area contributed by atoms with Gasteiger partial charge in [0.1, 0.15) is 0 Å². The maximum Gasteiger partial charge on any atom is 0.200 e. The lowest BCUT2D eigenvalue weighted by Crippen LogP contribution is -2.14. The van der Waals surface area contributed by atoms with Crippen molar-refractivity contribution >= 4 is 0 Å². The molecule has 2 aromatic carbocycles. The highest BCUT2D eigenvalue weighted by Crippen LogP contribution is 2.38. The van der Waals surface area contributed by atoms with E-state index in [1.54, 1.807) is 25.1 Å². The second kappa shape index (κ2) is 13.0. The maximum absolute atomic E-state index is 14.7. The monoisotopic (exact) mass is 476 g/mol. The summed E-state index contributed by atoms with van der Waals surface area (Å²) < 4.78 is 62.6. The van der Waals surface area contributed by atoms with Gasteiger partial charge in [-0.3, -0.25) is 0 Å². The summed E-state index contributed by atoms with van der Waals surface area (Å²) in [6, 6.07) is 6.59. The van der Waals surface area contributed by atoms with E-state index in [1.165, 1.54) is 6.07 Å². The summed E-state index contributed by atoms with van der Waals surface area (Å²) in [7, 11) is 0. The number of aryl methyl sites for hydroxylation is 2. The quantitative estimate of drug-likeness (QED) is 0.179. The molecule has 0 saturated heterocycles. The molecule has 0 heterocycles. The summed E-state index contributed by atoms with van der Waals surface area (Å²) in [6.07, 6.45) is 12.2. The Balaban J connectivity index is 1.49. The van der Waals surface area contributed by atoms with Crippen molar-refractivity contribution in [1.29, 1.82) is 0 Å². The molecule has 0 aliphatic heterocycles. The third-order valence-electron chi connectivity index (χ3n) is 6.87. The first kappa shape index (κ1) is 26.3. The van der Waals surface area contributed by atoms with Crippen LogP contribution in [0.3, 0.4) is 0 Å². The van der Waals surface area contributed by atoms with Gasteiger partial charge in [-0.05, 0) is 92.9 Å². The van der Waals surface area contributed by atoms with Crippen LogP contribution in [0.1, 0.15) is 87.8 Å². The molecule has 0 N–H and O–H groups in total. The maximum atomic E-state index is 14.7. The SMILES string of the molecule is CCCCCc1ccc(C2CCC(/C=C/CCc3ccc(OCC)c(F)c3F)CC2)c(F)c1F. The van der Waals surface area contributed by atoms with Crippen LogP contribution in [-0.4, -0.2) is 6.61 Å². The van der Waals surface area contributed by atoms with Crippen LogP contribution in [0.15, 0.2) is 36.4 Å². The van der Waals surface area contributed by atoms with Crippen molar-refractivity contribution in [3.8, 4) is 5.75 Å². The van der Waals surface area contributed by atoms with Gasteiger partial charge in [-0.25, -0.2) is 13.2 Å². The molecule has 1 aliphatic rings. The van der Waals surface area contributed by atoms with Gasteiger partial charge < -0.3 is 4.74 Å². The Kier molecular flexibility index (Phi) is 10.0. The van der Waals surface area contributed by atoms with Gasteiger partial charge in [0.25, 0.3) is 0 Å². The van der Waals surface area contributed by atoms with Gasteiger partial charge in [-0.15, -0.1) is 0 Å². The first-order valence-electron chi connectivity index (χ1n) is 12.7. The highest BCUT2D eigenvalue weighted by molar-refractivity contribution is 5.32. The number of hydrogen-bond donors (Lipinski definition) is 0. The van der Waals surface area contributed by atoms with E-state index in [9.17, 15) is 17.6 Å². The average Bonchev–Trinajstić information content (AvgIpc) is 2.84. The molecule has 3 rings (SSSR count). The van der Waals surface area contributed by atoms with Gasteiger partial charge in [0, 0.05) is 0 Å². The zero-order valence-electron chi connectivity index (χ0n) is 20.3. The van der Waals surface area contributed by atoms with Gasteiger partial charge >= 0.3 is 0 Å². The Labute approximate surface area is 201 Å². The third-order valence-corrected chi connectivity index (χ3v) is 6.87. The van der Waals surface area contributed by atoms with E-state index in [0.29, 0.717) is 41.9 Å². The molecule has 1 nitrogen and oxygen atoms in total. The summed E-state index contributed by atoms with van der Waals surface area (Å²) in [6.45, 7) is 4.10. The Hall–Kier alpha value is -2.30. The van der Waals surface area contributed by atoms with Crippen molar-refractivity contribution in [2.24, 2.45) is 5.92 Å². The lowest BCUT2D eigenvalue weighted by Gasteiger charge is -2.27. The van der Waals surface area contributed by atoms with Crippen molar-refractivity contribution in [1.82, 2.24) is 0 Å². The number of hydrogen-bond acceptors (Lipinski definition) is 1. The predicted molar refractivity (Wildman–Crippen MR) is 129 cm³/mol. The van der Waals surface area contributed by atoms with E-state index >= 15 is 0 Å². The Bertz CT molecular complexity index is 961. The summed E-state index contributed by atoms with van der Waals surface area (Å²) in [5, 5.41) is 0. The van der Waals surface area contributed by atoms with Crippen LogP contribution in [0, 0.1) is 29.2 Å². The number of rotatable bonds is 11. The fraction of sp³-hybridized carbons (Fsp3) is 0.517. The molecular formula is C29H36F4O. The number of unbranched alkanes of at least 4 members (excludes halogenated alkanes) is 2. The number of halogens is 4. The summed E-state index contributed by atoms with van der Waals surface area (Å²) in [4.78, 5) is 0. The Morgan fingerprint density at radius 1 is 0.794 bits per heavy atom. The molecule has 1 fully saturated rings. The van der Waals surface area contributed by atoms with Crippen LogP contribution in [0.25, 0.3) is 0 Å². The molecular weight excluding hydrogens is 440 g/mol. The predicted octanol–water partition coefficient (Wildman–Crippen LogP) is 8.84. The van der Waals surface area contributed by atoms with Crippen LogP contribution in [0.2, 0.25) is 0 Å². The van der Waals surface area contributed by atoms with Crippen molar-refractivity contribution in [3.63, 3.8) is 0 Å². The lowest BCUT2D eigenvalue weighted by molar-refractivity contribution is 0.313. The lowest BCUT2D eigenvalue weighted by atomic mass is 9.78. The summed E-state index contributed by atoms with van der Waals surface area (Å²) in [5.74, 6) is -2.75. The van der Waals surface area contributed by atoms with E-state index < -0.39 is 23.3 Å². The molecule has 1 saturated carbocycles. The zero-order valence-corrected chi connectivity index (χ0v) is 20.3. The van der Waals surface area contributed by atoms with E-state index in [1.807, 2.05) is 6.08 Å². The Morgan fingerprint density at radius 3 is 2.18 bits per heavy atom. The highest BCUT2D eigenvalue weighted by Gasteiger charge is 2.25. The molecule has 0 amide bonds. The van der Waals surface area contributed by atoms with Gasteiger partial charge in [0.15, 0.2) is 23.2 Å². The second-order valence-electron chi connectivity index (χ2n) is 9.26. The molecule has 0 spiro atoms. The average molecular weight is 477 g/mol. The van der Waals surface area contributed by atoms with Crippen LogP contribution >= 0.6 is 0 Å². The standard InChI is InChI=1S/C29H36F4O/c1-3-5-6-10-22-16-18-24(28(32)26(22)30)21-14-12-20(13-15-21)9-7-8-11-23-17-19-25(34-4-2)29(33)27(23)31/h7,9,16-21H,3-6,8,10-15H2,1-2H3/b9-7+. The number of benzene rings is 2. The second-order valence-corrected chi connectivity index (χ2v) is 9.26. The molecule has 0 radical (unpaired) electrons. The largest absolute Gasteiger partial charge is 0.491 e. The van der Waals surface area contributed by atoms with Crippen LogP contribution in [0.4, 0.5) is 17.6 Å². The van der Waals surface area contributed by atoms with Gasteiger partial charge in [0.2, 0.25) is 5.82 Å². The third kappa shape index (κ3) is 6.64. The smallest absolute Gasteiger partial charge is 0.200 e. The van der Waals surface area contributed by atoms with Crippen LogP contribution in [-0.2, 0) is 12.8 Å². The van der Waals surface area contributed by atoms with Crippen molar-refractivity contribution in [2.45, 2.75) is 84.0 Å². The first-order chi connectivity index (χ1) is 16.5. The molecule has 0 unspecified atom stereocenters. The Morgan fingerprint density at radius 2 is 1.47 bits per heavy atom. The van der Waals surface area contributed by atoms with Crippen LogP contribution < -0.4 is 4.74 Å². The molecule has 5 heteroatoms. The molecule has 0 atom stereocenters. The minimum absolute atomic E-state index is 0.0461. The van der Waals surface area contributed by atoms with Crippen molar-refractivity contribution < 1.29 is 22.3 Å². The van der Waals surface area contributed by atoms with Gasteiger partial charge in [-0.1, -0.05) is 50.1 Å². The van der Waals surface area contributed by atoms with Gasteiger partial charge in [-0.2, -0.15) is 4.39 Å². The van der Waals surface area contributed by atoms with E-state index in [-0.39, 0.29) is 18.3 Å². The summed E-state index contributed by atoms with van der Waals surface area (Å²) in [5.41, 5.74) is 1.33. The highest BCUT2D eigenvalue weighted by atomic mass is 19.2. The molecule has 2 aromatic rings. The first-order valence-corrected chi connectivity index (χ1v) is 12.7. The molecule has 186 valence electrons. The molecule has 1 aliphatic carbocycles. The molecule has 34 heavy (non-hydrogen) atoms. The van der Waals surface area contributed by atoms with E-state index in [2.05, 4.69) is 13.0 Å². The topological polar surface area (TPSA) is 9.23 Å². The summed E-state index contributed by atoms with van der Waals surface area (Å²) >= 11 is 0. The van der Waals surface area contributed by atoms with Crippen LogP contribution in [0.5, 0.6) is 5.75 Å². The van der Waals surface area contributed by atoms with E-state index in [4.69, 9.17) is 4.74 Å². The van der Waals surface area contributed by atoms with Crippen molar-refractivity contribution in [2.75, 3.05) is 6.61 Å². The fourth-order valence-corrected chi connectivity index (χ4v) is 4.86. The fourth-order valence-electron chi connectivity index (χ4n) is 4.86. The van der Waals surface area contributed by atoms with Gasteiger partial charge in [0.05, 0.1) is 6.61 Å². The minimum Gasteiger partial charge on any atom is -0.491 e. The molecule has 0 bridgehead atoms. The molecule has 0 aromatic heterocycles. The zero-order chi connectivity index (χ0) is 24.5. The number of ether oxygens (including phenoxy) is 1. The minimum atomic E-state index is -0.931. The van der Waals surface area contributed by atoms with E-state index in [0.717, 1.165) is 44.9 Å². The number of allylic oxidation sites excluding steroid dienone is 2.